The number of carbonyl (C=O) groups is 1. The van der Waals surface area contributed by atoms with E-state index in [1.54, 1.807) is 6.26 Å². The predicted octanol–water partition coefficient (Wildman–Crippen LogP) is 1.30. The molecule has 100 valence electrons. The van der Waals surface area contributed by atoms with Gasteiger partial charge in [0.2, 0.25) is 0 Å². The van der Waals surface area contributed by atoms with Gasteiger partial charge in [-0.25, -0.2) is 0 Å². The van der Waals surface area contributed by atoms with Crippen LogP contribution in [0.15, 0.2) is 16.7 Å². The molecule has 19 heavy (non-hydrogen) atoms. The molecule has 0 atom stereocenters. The van der Waals surface area contributed by atoms with Crippen molar-refractivity contribution in [3.05, 3.63) is 23.7 Å². The zero-order valence-electron chi connectivity index (χ0n) is 10.9. The Morgan fingerprint density at radius 1 is 1.47 bits per heavy atom. The van der Waals surface area contributed by atoms with E-state index in [1.165, 1.54) is 0 Å². The minimum Gasteiger partial charge on any atom is -0.469 e. The molecule has 1 fully saturated rings. The highest BCUT2D eigenvalue weighted by Crippen LogP contribution is 2.24. The number of hydrogen-bond donors (Lipinski definition) is 1. The van der Waals surface area contributed by atoms with Crippen LogP contribution >= 0.6 is 0 Å². The summed E-state index contributed by atoms with van der Waals surface area (Å²) in [4.78, 5) is 13.9. The van der Waals surface area contributed by atoms with Gasteiger partial charge < -0.3 is 15.1 Å². The molecule has 1 saturated carbocycles. The van der Waals surface area contributed by atoms with Gasteiger partial charge in [-0.1, -0.05) is 5.92 Å². The molecule has 0 saturated heterocycles. The fourth-order valence-electron chi connectivity index (χ4n) is 2.64. The van der Waals surface area contributed by atoms with Crippen molar-refractivity contribution >= 4 is 5.91 Å². The van der Waals surface area contributed by atoms with Crippen LogP contribution in [0.25, 0.3) is 0 Å². The van der Waals surface area contributed by atoms with Crippen molar-refractivity contribution < 1.29 is 9.21 Å². The Hall–Kier alpha value is -1.73. The third-order valence-electron chi connectivity index (χ3n) is 3.88. The summed E-state index contributed by atoms with van der Waals surface area (Å²) in [5.41, 5.74) is 6.82. The highest BCUT2D eigenvalue weighted by Gasteiger charge is 2.24. The van der Waals surface area contributed by atoms with Gasteiger partial charge in [-0.15, -0.1) is 0 Å². The third kappa shape index (κ3) is 2.66. The molecule has 1 aliphatic carbocycles. The summed E-state index contributed by atoms with van der Waals surface area (Å²) in [6, 6.07) is 2.22. The van der Waals surface area contributed by atoms with Crippen molar-refractivity contribution in [1.29, 1.82) is 0 Å². The van der Waals surface area contributed by atoms with Crippen LogP contribution in [0.2, 0.25) is 0 Å². The van der Waals surface area contributed by atoms with E-state index in [-0.39, 0.29) is 11.9 Å². The van der Waals surface area contributed by atoms with Gasteiger partial charge in [0.1, 0.15) is 5.76 Å². The van der Waals surface area contributed by atoms with Crippen molar-refractivity contribution in [2.75, 3.05) is 6.54 Å². The van der Waals surface area contributed by atoms with Crippen LogP contribution < -0.4 is 5.73 Å². The first-order chi connectivity index (χ1) is 9.22. The monoisotopic (exact) mass is 258 g/mol. The molecule has 2 heterocycles. The minimum atomic E-state index is -0.0745. The Kier molecular flexibility index (Phi) is 3.31. The standard InChI is InChI=1S/C15H18N2O2/c16-13-8-11(9-13)3-4-15(18)17-6-1-2-14-12(10-17)5-7-19-14/h5,7,11,13H,1-2,6,8-10,16H2. The van der Waals surface area contributed by atoms with Crippen molar-refractivity contribution in [3.63, 3.8) is 0 Å². The Morgan fingerprint density at radius 3 is 3.11 bits per heavy atom. The quantitative estimate of drug-likeness (QED) is 0.713. The largest absolute Gasteiger partial charge is 0.469 e. The Bertz CT molecular complexity index is 532. The molecule has 1 aromatic heterocycles. The van der Waals surface area contributed by atoms with Crippen LogP contribution in [0.4, 0.5) is 0 Å². The van der Waals surface area contributed by atoms with Crippen molar-refractivity contribution in [3.8, 4) is 11.8 Å². The average Bonchev–Trinajstić information content (AvgIpc) is 2.70. The second-order valence-corrected chi connectivity index (χ2v) is 5.40. The normalized spacial score (nSPS) is 25.6. The predicted molar refractivity (Wildman–Crippen MR) is 70.9 cm³/mol. The van der Waals surface area contributed by atoms with E-state index in [1.807, 2.05) is 11.0 Å². The number of nitrogens with zero attached hydrogens (tertiary/aromatic N) is 1. The Balaban J connectivity index is 1.64. The first-order valence-corrected chi connectivity index (χ1v) is 6.83. The highest BCUT2D eigenvalue weighted by molar-refractivity contribution is 5.93. The van der Waals surface area contributed by atoms with Gasteiger partial charge >= 0.3 is 0 Å². The molecule has 0 spiro atoms. The summed E-state index contributed by atoms with van der Waals surface area (Å²) in [6.07, 6.45) is 5.37. The van der Waals surface area contributed by atoms with E-state index in [0.29, 0.717) is 12.5 Å². The SMILES string of the molecule is NC1CC(C#CC(=O)N2CCCc3occc3C2)C1. The summed E-state index contributed by atoms with van der Waals surface area (Å²) in [5.74, 6) is 7.06. The van der Waals surface area contributed by atoms with Crippen molar-refractivity contribution in [2.45, 2.75) is 38.3 Å². The molecular formula is C15H18N2O2. The van der Waals surface area contributed by atoms with Crippen molar-refractivity contribution in [1.82, 2.24) is 4.90 Å². The lowest BCUT2D eigenvalue weighted by Gasteiger charge is -2.27. The van der Waals surface area contributed by atoms with Crippen LogP contribution in [-0.2, 0) is 17.8 Å². The second kappa shape index (κ2) is 5.10. The van der Waals surface area contributed by atoms with Gasteiger partial charge in [-0.05, 0) is 31.2 Å². The maximum atomic E-state index is 12.1. The minimum absolute atomic E-state index is 0.0745. The van der Waals surface area contributed by atoms with Crippen molar-refractivity contribution in [2.24, 2.45) is 11.7 Å². The molecule has 2 N–H and O–H groups in total. The molecule has 1 aromatic rings. The van der Waals surface area contributed by atoms with Gasteiger partial charge in [0.05, 0.1) is 12.8 Å². The summed E-state index contributed by atoms with van der Waals surface area (Å²) in [6.45, 7) is 1.37. The van der Waals surface area contributed by atoms with E-state index < -0.39 is 0 Å². The lowest BCUT2D eigenvalue weighted by Crippen LogP contribution is -2.35. The fourth-order valence-corrected chi connectivity index (χ4v) is 2.64. The van der Waals surface area contributed by atoms with Crippen LogP contribution in [0.1, 0.15) is 30.6 Å². The molecule has 0 radical (unpaired) electrons. The molecule has 4 heteroatoms. The topological polar surface area (TPSA) is 59.5 Å². The van der Waals surface area contributed by atoms with Gasteiger partial charge in [0.15, 0.2) is 0 Å². The number of hydrogen-bond acceptors (Lipinski definition) is 3. The number of furan rings is 1. The Labute approximate surface area is 112 Å². The number of carbonyl (C=O) groups excluding carboxylic acids is 1. The van der Waals surface area contributed by atoms with Crippen LogP contribution in [0.3, 0.4) is 0 Å². The number of nitrogens with two attached hydrogens (primary N) is 1. The lowest BCUT2D eigenvalue weighted by molar-refractivity contribution is -0.125. The first kappa shape index (κ1) is 12.3. The summed E-state index contributed by atoms with van der Waals surface area (Å²) >= 11 is 0. The van der Waals surface area contributed by atoms with Gasteiger partial charge in [0.25, 0.3) is 5.91 Å². The van der Waals surface area contributed by atoms with Crippen LogP contribution in [0, 0.1) is 17.8 Å². The maximum absolute atomic E-state index is 12.1. The molecule has 1 amide bonds. The second-order valence-electron chi connectivity index (χ2n) is 5.40. The number of fused-ring (bicyclic) bond motifs is 1. The molecular weight excluding hydrogens is 240 g/mol. The van der Waals surface area contributed by atoms with Gasteiger partial charge in [-0.2, -0.15) is 0 Å². The van der Waals surface area contributed by atoms with E-state index in [2.05, 4.69) is 11.8 Å². The van der Waals surface area contributed by atoms with E-state index in [4.69, 9.17) is 10.2 Å². The molecule has 2 aliphatic rings. The van der Waals surface area contributed by atoms with E-state index >= 15 is 0 Å². The fraction of sp³-hybridized carbons (Fsp3) is 0.533. The molecule has 4 nitrogen and oxygen atoms in total. The van der Waals surface area contributed by atoms with Gasteiger partial charge in [-0.3, -0.25) is 4.79 Å². The Morgan fingerprint density at radius 2 is 2.32 bits per heavy atom. The summed E-state index contributed by atoms with van der Waals surface area (Å²) in [5, 5.41) is 0. The zero-order valence-corrected chi connectivity index (χ0v) is 10.9. The number of rotatable bonds is 0. The first-order valence-electron chi connectivity index (χ1n) is 6.83. The molecule has 0 unspecified atom stereocenters. The maximum Gasteiger partial charge on any atom is 0.298 e. The zero-order chi connectivity index (χ0) is 13.2. The van der Waals surface area contributed by atoms with Gasteiger partial charge in [0, 0.05) is 30.5 Å². The molecule has 1 aliphatic heterocycles. The highest BCUT2D eigenvalue weighted by atomic mass is 16.3. The van der Waals surface area contributed by atoms with E-state index in [9.17, 15) is 4.79 Å². The van der Waals surface area contributed by atoms with Crippen LogP contribution in [-0.4, -0.2) is 23.4 Å². The molecule has 0 aromatic carbocycles. The third-order valence-corrected chi connectivity index (χ3v) is 3.88. The summed E-state index contributed by atoms with van der Waals surface area (Å²) < 4.78 is 5.41. The van der Waals surface area contributed by atoms with Crippen LogP contribution in [0.5, 0.6) is 0 Å². The summed E-state index contributed by atoms with van der Waals surface area (Å²) in [7, 11) is 0. The average molecular weight is 258 g/mol. The number of aryl methyl sites for hydroxylation is 1. The smallest absolute Gasteiger partial charge is 0.298 e. The molecule has 0 bridgehead atoms. The van der Waals surface area contributed by atoms with E-state index in [0.717, 1.165) is 43.6 Å². The lowest BCUT2D eigenvalue weighted by atomic mass is 9.81. The molecule has 3 rings (SSSR count). The number of amides is 1.